The molecule has 22 heavy (non-hydrogen) atoms. The van der Waals surface area contributed by atoms with Gasteiger partial charge in [0.2, 0.25) is 15.9 Å². The number of likely N-dealkylation sites (tertiary alicyclic amines) is 1. The smallest absolute Gasteiger partial charge is 0.244 e. The third-order valence-electron chi connectivity index (χ3n) is 4.03. The van der Waals surface area contributed by atoms with Gasteiger partial charge in [0.05, 0.1) is 11.8 Å². The van der Waals surface area contributed by atoms with Crippen LogP contribution in [0.2, 0.25) is 0 Å². The van der Waals surface area contributed by atoms with Crippen LogP contribution in [0.15, 0.2) is 4.52 Å². The molecule has 0 spiro atoms. The molecule has 0 amide bonds. The van der Waals surface area contributed by atoms with Gasteiger partial charge in [-0.15, -0.1) is 0 Å². The molecule has 1 aliphatic heterocycles. The standard InChI is InChI=1S/C14H26N4O3S/c1-11(2)13-15-14(21-16-13)12-7-5-8-18(12)9-6-10-22(19,20)17(3)4/h11-12H,5-10H2,1-4H3/t12-/m1/s1. The lowest BCUT2D eigenvalue weighted by molar-refractivity contribution is 0.208. The van der Waals surface area contributed by atoms with E-state index in [1.54, 1.807) is 14.1 Å². The Morgan fingerprint density at radius 2 is 2.14 bits per heavy atom. The first-order valence-electron chi connectivity index (χ1n) is 7.79. The summed E-state index contributed by atoms with van der Waals surface area (Å²) in [6.45, 7) is 5.75. The largest absolute Gasteiger partial charge is 0.338 e. The number of nitrogens with zero attached hydrogens (tertiary/aromatic N) is 4. The van der Waals surface area contributed by atoms with E-state index in [-0.39, 0.29) is 17.7 Å². The van der Waals surface area contributed by atoms with Crippen molar-refractivity contribution in [1.82, 2.24) is 19.3 Å². The average Bonchev–Trinajstić information content (AvgIpc) is 3.05. The van der Waals surface area contributed by atoms with E-state index in [0.29, 0.717) is 12.3 Å². The Hall–Kier alpha value is -0.990. The van der Waals surface area contributed by atoms with Crippen molar-refractivity contribution in [2.24, 2.45) is 0 Å². The molecule has 126 valence electrons. The van der Waals surface area contributed by atoms with Gasteiger partial charge in [-0.3, -0.25) is 4.90 Å². The monoisotopic (exact) mass is 330 g/mol. The molecular formula is C14H26N4O3S. The molecule has 2 heterocycles. The van der Waals surface area contributed by atoms with Crippen LogP contribution in [0.4, 0.5) is 0 Å². The second-order valence-electron chi connectivity index (χ2n) is 6.29. The molecule has 0 saturated carbocycles. The summed E-state index contributed by atoms with van der Waals surface area (Å²) in [6.07, 6.45) is 2.67. The molecule has 1 fully saturated rings. The topological polar surface area (TPSA) is 79.5 Å². The van der Waals surface area contributed by atoms with Crippen LogP contribution < -0.4 is 0 Å². The van der Waals surface area contributed by atoms with Crippen molar-refractivity contribution in [3.8, 4) is 0 Å². The van der Waals surface area contributed by atoms with Crippen molar-refractivity contribution in [2.75, 3.05) is 32.9 Å². The van der Waals surface area contributed by atoms with Gasteiger partial charge in [-0.1, -0.05) is 19.0 Å². The fourth-order valence-corrected chi connectivity index (χ4v) is 3.48. The number of hydrogen-bond donors (Lipinski definition) is 0. The Labute approximate surface area is 132 Å². The van der Waals surface area contributed by atoms with Crippen molar-refractivity contribution in [3.05, 3.63) is 11.7 Å². The zero-order chi connectivity index (χ0) is 16.3. The number of rotatable bonds is 7. The minimum absolute atomic E-state index is 0.127. The van der Waals surface area contributed by atoms with Crippen LogP contribution in [-0.2, 0) is 10.0 Å². The maximum absolute atomic E-state index is 11.8. The van der Waals surface area contributed by atoms with E-state index in [4.69, 9.17) is 4.52 Å². The number of sulfonamides is 1. The molecule has 2 rings (SSSR count). The zero-order valence-electron chi connectivity index (χ0n) is 13.8. The Morgan fingerprint density at radius 1 is 1.41 bits per heavy atom. The van der Waals surface area contributed by atoms with Gasteiger partial charge in [0.1, 0.15) is 0 Å². The van der Waals surface area contributed by atoms with E-state index >= 15 is 0 Å². The first-order chi connectivity index (χ1) is 10.3. The van der Waals surface area contributed by atoms with E-state index in [1.807, 2.05) is 13.8 Å². The minimum atomic E-state index is -3.12. The Balaban J connectivity index is 1.93. The van der Waals surface area contributed by atoms with Crippen molar-refractivity contribution in [2.45, 2.75) is 45.1 Å². The molecule has 1 atom stereocenters. The normalized spacial score (nSPS) is 20.4. The third kappa shape index (κ3) is 4.05. The second-order valence-corrected chi connectivity index (χ2v) is 8.59. The Bertz CT molecular complexity index is 583. The average molecular weight is 330 g/mol. The lowest BCUT2D eigenvalue weighted by Gasteiger charge is -2.21. The van der Waals surface area contributed by atoms with Gasteiger partial charge in [0.25, 0.3) is 0 Å². The summed E-state index contributed by atoms with van der Waals surface area (Å²) < 4.78 is 30.3. The van der Waals surface area contributed by atoms with Crippen molar-refractivity contribution in [1.29, 1.82) is 0 Å². The summed E-state index contributed by atoms with van der Waals surface area (Å²) in [5.74, 6) is 1.82. The lowest BCUT2D eigenvalue weighted by Crippen LogP contribution is -2.29. The second kappa shape index (κ2) is 7.06. The molecular weight excluding hydrogens is 304 g/mol. The highest BCUT2D eigenvalue weighted by atomic mass is 32.2. The maximum atomic E-state index is 11.8. The molecule has 0 radical (unpaired) electrons. The predicted molar refractivity (Wildman–Crippen MR) is 84.0 cm³/mol. The van der Waals surface area contributed by atoms with Crippen molar-refractivity contribution < 1.29 is 12.9 Å². The van der Waals surface area contributed by atoms with Crippen LogP contribution >= 0.6 is 0 Å². The highest BCUT2D eigenvalue weighted by Crippen LogP contribution is 2.31. The van der Waals surface area contributed by atoms with E-state index in [9.17, 15) is 8.42 Å². The first kappa shape index (κ1) is 17.4. The molecule has 0 unspecified atom stereocenters. The summed E-state index contributed by atoms with van der Waals surface area (Å²) in [4.78, 5) is 6.73. The van der Waals surface area contributed by atoms with Crippen LogP contribution in [0, 0.1) is 0 Å². The van der Waals surface area contributed by atoms with Crippen LogP contribution in [0.5, 0.6) is 0 Å². The van der Waals surface area contributed by atoms with Gasteiger partial charge < -0.3 is 4.52 Å². The summed E-state index contributed by atoms with van der Waals surface area (Å²) in [7, 11) is 0.0148. The highest BCUT2D eigenvalue weighted by Gasteiger charge is 2.30. The Kier molecular flexibility index (Phi) is 5.57. The molecule has 8 heteroatoms. The SMILES string of the molecule is CC(C)c1noc([C@H]2CCCN2CCCS(=O)(=O)N(C)C)n1. The van der Waals surface area contributed by atoms with Crippen LogP contribution in [-0.4, -0.2) is 60.7 Å². The molecule has 0 aliphatic carbocycles. The predicted octanol–water partition coefficient (Wildman–Crippen LogP) is 1.61. The van der Waals surface area contributed by atoms with Crippen LogP contribution in [0.3, 0.4) is 0 Å². The van der Waals surface area contributed by atoms with E-state index < -0.39 is 10.0 Å². The first-order valence-corrected chi connectivity index (χ1v) is 9.40. The molecule has 0 N–H and O–H groups in total. The van der Waals surface area contributed by atoms with E-state index in [2.05, 4.69) is 15.0 Å². The maximum Gasteiger partial charge on any atom is 0.244 e. The quantitative estimate of drug-likeness (QED) is 0.756. The van der Waals surface area contributed by atoms with Crippen LogP contribution in [0.1, 0.15) is 56.8 Å². The Morgan fingerprint density at radius 3 is 2.73 bits per heavy atom. The number of aromatic nitrogens is 2. The molecule has 0 bridgehead atoms. The van der Waals surface area contributed by atoms with Gasteiger partial charge in [-0.2, -0.15) is 4.98 Å². The summed E-state index contributed by atoms with van der Waals surface area (Å²) >= 11 is 0. The minimum Gasteiger partial charge on any atom is -0.338 e. The van der Waals surface area contributed by atoms with Gasteiger partial charge in [-0.25, -0.2) is 12.7 Å². The third-order valence-corrected chi connectivity index (χ3v) is 5.94. The molecule has 1 aliphatic rings. The van der Waals surface area contributed by atoms with Gasteiger partial charge in [0.15, 0.2) is 5.82 Å². The van der Waals surface area contributed by atoms with E-state index in [1.165, 1.54) is 4.31 Å². The molecule has 1 saturated heterocycles. The van der Waals surface area contributed by atoms with Crippen LogP contribution in [0.25, 0.3) is 0 Å². The molecule has 0 aromatic carbocycles. The van der Waals surface area contributed by atoms with Gasteiger partial charge >= 0.3 is 0 Å². The van der Waals surface area contributed by atoms with Crippen molar-refractivity contribution in [3.63, 3.8) is 0 Å². The zero-order valence-corrected chi connectivity index (χ0v) is 14.6. The van der Waals surface area contributed by atoms with Gasteiger partial charge in [0, 0.05) is 20.0 Å². The molecule has 1 aromatic heterocycles. The summed E-state index contributed by atoms with van der Waals surface area (Å²) in [5, 5.41) is 4.02. The molecule has 1 aromatic rings. The molecule has 7 nitrogen and oxygen atoms in total. The highest BCUT2D eigenvalue weighted by molar-refractivity contribution is 7.89. The lowest BCUT2D eigenvalue weighted by atomic mass is 10.2. The van der Waals surface area contributed by atoms with E-state index in [0.717, 1.165) is 31.8 Å². The number of hydrogen-bond acceptors (Lipinski definition) is 6. The summed E-state index contributed by atoms with van der Waals surface area (Å²) in [6, 6.07) is 0.127. The summed E-state index contributed by atoms with van der Waals surface area (Å²) in [5.41, 5.74) is 0. The van der Waals surface area contributed by atoms with Gasteiger partial charge in [-0.05, 0) is 32.4 Å². The fourth-order valence-electron chi connectivity index (χ4n) is 2.62. The fraction of sp³-hybridized carbons (Fsp3) is 0.857. The van der Waals surface area contributed by atoms with Crippen molar-refractivity contribution >= 4 is 10.0 Å².